The van der Waals surface area contributed by atoms with E-state index < -0.39 is 0 Å². The van der Waals surface area contributed by atoms with Crippen molar-refractivity contribution in [2.24, 2.45) is 0 Å². The fourth-order valence-electron chi connectivity index (χ4n) is 11.5. The molecule has 0 aliphatic rings. The Morgan fingerprint density at radius 1 is 0.382 bits per heavy atom. The van der Waals surface area contributed by atoms with Crippen molar-refractivity contribution in [3.63, 3.8) is 0 Å². The van der Waals surface area contributed by atoms with Gasteiger partial charge in [-0.3, -0.25) is 29.3 Å². The van der Waals surface area contributed by atoms with Crippen molar-refractivity contribution < 1.29 is 108 Å². The third kappa shape index (κ3) is 25.9. The molecule has 577 valence electrons. The van der Waals surface area contributed by atoms with Gasteiger partial charge in [0.05, 0.1) is 17.3 Å². The molecule has 0 saturated heterocycles. The molecule has 13 aromatic rings. The molecule has 0 spiro atoms. The van der Waals surface area contributed by atoms with Crippen LogP contribution in [0.4, 0.5) is 4.39 Å². The molecular formula is C94H95FIr3N3O9-3. The molecule has 0 amide bonds. The summed E-state index contributed by atoms with van der Waals surface area (Å²) in [7, 11) is 0. The number of pyridine rings is 3. The van der Waals surface area contributed by atoms with E-state index in [1.807, 2.05) is 60.7 Å². The van der Waals surface area contributed by atoms with Crippen molar-refractivity contribution in [3.05, 3.63) is 293 Å². The largest absolute Gasteiger partial charge is 0.512 e. The second kappa shape index (κ2) is 40.2. The Morgan fingerprint density at radius 2 is 0.718 bits per heavy atom. The zero-order valence-electron chi connectivity index (χ0n) is 65.7. The Labute approximate surface area is 687 Å². The fourth-order valence-corrected chi connectivity index (χ4v) is 11.5. The third-order valence-electron chi connectivity index (χ3n) is 16.7. The average Bonchev–Trinajstić information content (AvgIpc) is 1.62. The second-order valence-electron chi connectivity index (χ2n) is 29.6. The molecule has 6 heterocycles. The Balaban J connectivity index is 0.000000258. The number of halogens is 1. The van der Waals surface area contributed by atoms with E-state index in [1.165, 1.54) is 88.6 Å². The van der Waals surface area contributed by atoms with E-state index in [0.29, 0.717) is 22.9 Å². The number of hydrogen-bond acceptors (Lipinski definition) is 12. The Bertz CT molecular complexity index is 5310. The topological polar surface area (TPSA) is 190 Å². The predicted octanol–water partition coefficient (Wildman–Crippen LogP) is 24.9. The van der Waals surface area contributed by atoms with E-state index in [1.54, 1.807) is 12.1 Å². The molecule has 110 heavy (non-hydrogen) atoms. The quantitative estimate of drug-likeness (QED) is 0.0668. The number of aryl methyl sites for hydroxylation is 4. The summed E-state index contributed by atoms with van der Waals surface area (Å²) in [4.78, 5) is 44.5. The number of rotatable bonds is 10. The van der Waals surface area contributed by atoms with Gasteiger partial charge in [0.25, 0.3) is 0 Å². The molecule has 13 rings (SSSR count). The summed E-state index contributed by atoms with van der Waals surface area (Å²) >= 11 is 0. The molecule has 3 radical (unpaired) electrons. The zero-order valence-corrected chi connectivity index (χ0v) is 72.9. The molecule has 0 fully saturated rings. The Morgan fingerprint density at radius 3 is 1.08 bits per heavy atom. The first-order valence-electron chi connectivity index (χ1n) is 35.3. The van der Waals surface area contributed by atoms with Crippen molar-refractivity contribution in [1.29, 1.82) is 0 Å². The minimum atomic E-state index is -0.264. The van der Waals surface area contributed by atoms with Gasteiger partial charge in [0.1, 0.15) is 23.1 Å². The summed E-state index contributed by atoms with van der Waals surface area (Å²) in [6.07, 6.45) is 3.50. The van der Waals surface area contributed by atoms with Crippen LogP contribution in [0.3, 0.4) is 0 Å². The maximum Gasteiger partial charge on any atom is 0.218 e. The normalized spacial score (nSPS) is 11.4. The molecule has 0 atom stereocenters. The summed E-state index contributed by atoms with van der Waals surface area (Å²) in [5.41, 5.74) is 21.1. The summed E-state index contributed by atoms with van der Waals surface area (Å²) in [6.45, 7) is 36.8. The van der Waals surface area contributed by atoms with Gasteiger partial charge in [-0.15, -0.1) is 105 Å². The smallest absolute Gasteiger partial charge is 0.218 e. The van der Waals surface area contributed by atoms with E-state index in [9.17, 15) is 18.8 Å². The summed E-state index contributed by atoms with van der Waals surface area (Å²) < 4.78 is 31.6. The van der Waals surface area contributed by atoms with Crippen LogP contribution in [0.2, 0.25) is 0 Å². The Kier molecular flexibility index (Phi) is 33.1. The number of ketones is 3. The second-order valence-corrected chi connectivity index (χ2v) is 29.6. The first-order valence-corrected chi connectivity index (χ1v) is 35.3. The molecular weight excluding hydrogens is 1910 g/mol. The number of furan rings is 3. The number of fused-ring (bicyclic) bond motifs is 3. The van der Waals surface area contributed by atoms with Crippen LogP contribution in [0.1, 0.15) is 143 Å². The molecule has 0 bridgehead atoms. The van der Waals surface area contributed by atoms with Crippen LogP contribution in [-0.4, -0.2) is 47.6 Å². The van der Waals surface area contributed by atoms with E-state index in [-0.39, 0.29) is 117 Å². The number of aliphatic hydroxyl groups excluding tert-OH is 3. The average molecular weight is 2010 g/mol. The van der Waals surface area contributed by atoms with Crippen LogP contribution in [-0.2, 0) is 90.9 Å². The van der Waals surface area contributed by atoms with Crippen LogP contribution >= 0.6 is 0 Å². The molecule has 7 aromatic carbocycles. The van der Waals surface area contributed by atoms with Gasteiger partial charge in [-0.2, -0.15) is 0 Å². The van der Waals surface area contributed by atoms with Crippen molar-refractivity contribution in [2.45, 2.75) is 148 Å². The number of aromatic nitrogens is 3. The Hall–Kier alpha value is -9.88. The van der Waals surface area contributed by atoms with Crippen molar-refractivity contribution in [2.75, 3.05) is 0 Å². The van der Waals surface area contributed by atoms with E-state index in [2.05, 4.69) is 217 Å². The van der Waals surface area contributed by atoms with Crippen LogP contribution in [0.15, 0.2) is 243 Å². The first-order chi connectivity index (χ1) is 50.4. The van der Waals surface area contributed by atoms with Crippen LogP contribution in [0.25, 0.3) is 112 Å². The summed E-state index contributed by atoms with van der Waals surface area (Å²) in [5.74, 6) is 1.96. The maximum atomic E-state index is 13.2. The van der Waals surface area contributed by atoms with E-state index in [4.69, 9.17) is 43.5 Å². The van der Waals surface area contributed by atoms with E-state index >= 15 is 0 Å². The molecule has 6 aromatic heterocycles. The molecule has 0 saturated carbocycles. The number of hydrogen-bond donors (Lipinski definition) is 3. The first kappa shape index (κ1) is 90.7. The van der Waals surface area contributed by atoms with Crippen LogP contribution < -0.4 is 0 Å². The number of allylic oxidation sites excluding steroid dienone is 6. The van der Waals surface area contributed by atoms with Gasteiger partial charge in [0.15, 0.2) is 17.3 Å². The number of nitrogens with zero attached hydrogens (tertiary/aromatic N) is 3. The molecule has 16 heteroatoms. The van der Waals surface area contributed by atoms with Crippen LogP contribution in [0.5, 0.6) is 0 Å². The zero-order chi connectivity index (χ0) is 78.2. The van der Waals surface area contributed by atoms with Gasteiger partial charge in [0, 0.05) is 123 Å². The van der Waals surface area contributed by atoms with Crippen molar-refractivity contribution >= 4 is 50.6 Å². The molecule has 0 aliphatic carbocycles. The molecule has 0 aliphatic heterocycles. The van der Waals surface area contributed by atoms with Gasteiger partial charge < -0.3 is 28.6 Å². The number of benzene rings is 7. The van der Waals surface area contributed by atoms with Crippen molar-refractivity contribution in [3.8, 4) is 78.9 Å². The number of carbonyl (C=O) groups is 3. The van der Waals surface area contributed by atoms with Crippen LogP contribution in [0, 0.1) is 51.7 Å². The summed E-state index contributed by atoms with van der Waals surface area (Å²) in [6, 6.07) is 74.8. The third-order valence-corrected chi connectivity index (χ3v) is 16.7. The van der Waals surface area contributed by atoms with Gasteiger partial charge in [0.2, 0.25) is 17.1 Å². The monoisotopic (exact) mass is 2010 g/mol. The standard InChI is InChI=1S/C30H26NO.C25H24NO.C24H21FNO.3C5H8O2.3Ir/c1-20-17-23(19-24(18-20)30(2,3)4)26-16-15-25-27(21-11-7-5-8-12-21)28(32-29(25)31-26)22-13-9-6-10-14-22;1-16-13-19(15-20(14-16)25(3,4)5)22-12-11-21-17(2)23(27-24(21)26-22)18-9-7-6-8-10-18;1-15-11-18(13-19(12-15)24(2,3)4)21-10-7-17-14-22(27-23(17)26-21)16-5-8-20(25)9-6-16;3*1-4(6)3-5(2)7;;;/h5-16,18-19H,1-4H3;6-12,14-15H,1-5H3;5-10,12-14H,1-4H3;3*3,6H,1-2H3;;;/q3*-1;;;;;;. The minimum absolute atomic E-state index is 0. The maximum absolute atomic E-state index is 13.2. The van der Waals surface area contributed by atoms with E-state index in [0.717, 1.165) is 112 Å². The van der Waals surface area contributed by atoms with Gasteiger partial charge in [-0.05, 0) is 118 Å². The van der Waals surface area contributed by atoms with Gasteiger partial charge in [-0.1, -0.05) is 210 Å². The van der Waals surface area contributed by atoms with Crippen molar-refractivity contribution in [1.82, 2.24) is 15.0 Å². The molecule has 12 nitrogen and oxygen atoms in total. The molecule has 3 N–H and O–H groups in total. The summed E-state index contributed by atoms with van der Waals surface area (Å²) in [5, 5.41) is 28.1. The number of aliphatic hydroxyl groups is 3. The fraction of sp³-hybridized carbons (Fsp3) is 0.234. The van der Waals surface area contributed by atoms with Gasteiger partial charge in [-0.25, -0.2) is 4.39 Å². The SMILES string of the molecule is CC(=O)C=C(C)O.CC(=O)C=C(C)O.CC(=O)C=C(C)O.Cc1[c-]c(-c2ccc3c(-c4ccccc4)c(-c4ccccc4)oc3n2)cc(C(C)(C)C)c1.Cc1[c-]c(-c2ccc3c(C)c(-c4ccccc4)oc3n2)cc(C(C)(C)C)c1.Cc1[c-]c(-c2ccc3cc(-c4ccc(F)cc4)oc3n2)cc(C(C)(C)C)c1.[Ir].[Ir].[Ir]. The predicted molar refractivity (Wildman–Crippen MR) is 433 cm³/mol. The van der Waals surface area contributed by atoms with Gasteiger partial charge >= 0.3 is 0 Å². The number of carbonyl (C=O) groups excluding carboxylic acids is 3. The molecule has 0 unspecified atom stereocenters. The minimum Gasteiger partial charge on any atom is -0.512 e.